The maximum atomic E-state index is 12.5. The molecule has 1 aromatic carbocycles. The molecule has 104 valence electrons. The van der Waals surface area contributed by atoms with Crippen LogP contribution >= 0.6 is 0 Å². The Bertz CT molecular complexity index is 663. The number of carbonyl (C=O) groups is 1. The van der Waals surface area contributed by atoms with Gasteiger partial charge in [-0.1, -0.05) is 18.2 Å². The van der Waals surface area contributed by atoms with Crippen molar-refractivity contribution >= 4 is 22.5 Å². The molecular weight excluding hydrogens is 254 g/mol. The van der Waals surface area contributed by atoms with E-state index in [2.05, 4.69) is 4.98 Å². The average Bonchev–Trinajstić information content (AvgIpc) is 2.41. The van der Waals surface area contributed by atoms with Gasteiger partial charge < -0.3 is 14.9 Å². The lowest BCUT2D eigenvalue weighted by Gasteiger charge is -2.36. The molecule has 3 rings (SSSR count). The summed E-state index contributed by atoms with van der Waals surface area (Å²) in [6.07, 6.45) is 1.24. The Morgan fingerprint density at radius 2 is 2.05 bits per heavy atom. The summed E-state index contributed by atoms with van der Waals surface area (Å²) in [7, 11) is 3.84. The summed E-state index contributed by atoms with van der Waals surface area (Å²) < 4.78 is 0. The molecule has 2 aromatic rings. The third-order valence-corrected chi connectivity index (χ3v) is 3.57. The number of nitrogens with zero attached hydrogens (tertiary/aromatic N) is 3. The molecule has 0 aliphatic carbocycles. The lowest BCUT2D eigenvalue weighted by molar-refractivity contribution is 0.00592. The molecular formula is C15H17N3O2. The summed E-state index contributed by atoms with van der Waals surface area (Å²) in [4.78, 5) is 20.4. The maximum Gasteiger partial charge on any atom is 0.257 e. The molecule has 0 radical (unpaired) electrons. The van der Waals surface area contributed by atoms with Gasteiger partial charge in [0.05, 0.1) is 22.9 Å². The maximum absolute atomic E-state index is 12.5. The van der Waals surface area contributed by atoms with E-state index in [0.717, 1.165) is 16.6 Å². The normalized spacial score (nSPS) is 15.2. The van der Waals surface area contributed by atoms with Crippen molar-refractivity contribution in [2.45, 2.75) is 6.10 Å². The molecule has 1 aliphatic rings. The van der Waals surface area contributed by atoms with E-state index >= 15 is 0 Å². The van der Waals surface area contributed by atoms with Crippen LogP contribution in [-0.2, 0) is 0 Å². The third-order valence-electron chi connectivity index (χ3n) is 3.57. The second-order valence-electron chi connectivity index (χ2n) is 5.30. The highest BCUT2D eigenvalue weighted by atomic mass is 16.3. The Morgan fingerprint density at radius 1 is 1.35 bits per heavy atom. The zero-order chi connectivity index (χ0) is 14.3. The number of rotatable bonds is 2. The van der Waals surface area contributed by atoms with Gasteiger partial charge in [0.25, 0.3) is 5.91 Å². The van der Waals surface area contributed by atoms with Crippen molar-refractivity contribution in [1.29, 1.82) is 0 Å². The van der Waals surface area contributed by atoms with Gasteiger partial charge in [-0.25, -0.2) is 0 Å². The van der Waals surface area contributed by atoms with Crippen LogP contribution in [0.3, 0.4) is 0 Å². The van der Waals surface area contributed by atoms with Crippen LogP contribution in [0, 0.1) is 0 Å². The number of carbonyl (C=O) groups excluding carboxylic acids is 1. The molecule has 0 atom stereocenters. The molecule has 1 aliphatic heterocycles. The molecule has 5 nitrogen and oxygen atoms in total. The summed E-state index contributed by atoms with van der Waals surface area (Å²) in [5, 5.41) is 10.3. The van der Waals surface area contributed by atoms with Crippen molar-refractivity contribution < 1.29 is 9.90 Å². The number of pyridine rings is 1. The van der Waals surface area contributed by atoms with Gasteiger partial charge in [0.15, 0.2) is 0 Å². The van der Waals surface area contributed by atoms with E-state index in [1.165, 1.54) is 0 Å². The van der Waals surface area contributed by atoms with E-state index < -0.39 is 6.10 Å². The Morgan fingerprint density at radius 3 is 2.70 bits per heavy atom. The van der Waals surface area contributed by atoms with E-state index in [4.69, 9.17) is 0 Å². The first kappa shape index (κ1) is 12.9. The molecule has 0 unspecified atom stereocenters. The smallest absolute Gasteiger partial charge is 0.257 e. The summed E-state index contributed by atoms with van der Waals surface area (Å²) in [6, 6.07) is 7.78. The fraction of sp³-hybridized carbons (Fsp3) is 0.333. The molecule has 20 heavy (non-hydrogen) atoms. The molecule has 0 saturated carbocycles. The number of anilines is 1. The first-order valence-corrected chi connectivity index (χ1v) is 6.60. The second kappa shape index (κ2) is 4.76. The number of β-amino-alcohol motifs (C(OH)–C–C–N with tert-alkyl or cyclic N) is 1. The average molecular weight is 271 g/mol. The predicted octanol–water partition coefficient (Wildman–Crippen LogP) is 1.12. The van der Waals surface area contributed by atoms with Gasteiger partial charge in [-0.2, -0.15) is 0 Å². The number of fused-ring (bicyclic) bond motifs is 1. The molecule has 2 heterocycles. The number of hydrogen-bond donors (Lipinski definition) is 1. The van der Waals surface area contributed by atoms with Crippen molar-refractivity contribution in [3.63, 3.8) is 0 Å². The number of aliphatic hydroxyl groups is 1. The summed E-state index contributed by atoms with van der Waals surface area (Å²) in [5.41, 5.74) is 2.33. The van der Waals surface area contributed by atoms with Gasteiger partial charge in [-0.05, 0) is 6.07 Å². The topological polar surface area (TPSA) is 56.7 Å². The molecule has 5 heteroatoms. The van der Waals surface area contributed by atoms with Crippen molar-refractivity contribution in [1.82, 2.24) is 9.88 Å². The molecule has 1 aromatic heterocycles. The molecule has 0 spiro atoms. The van der Waals surface area contributed by atoms with E-state index in [0.29, 0.717) is 18.7 Å². The van der Waals surface area contributed by atoms with Crippen LogP contribution in [0.4, 0.5) is 5.69 Å². The van der Waals surface area contributed by atoms with Crippen LogP contribution in [0.15, 0.2) is 30.5 Å². The summed E-state index contributed by atoms with van der Waals surface area (Å²) in [5.74, 6) is -0.0720. The fourth-order valence-corrected chi connectivity index (χ4v) is 2.56. The number of aromatic nitrogens is 1. The fourth-order valence-electron chi connectivity index (χ4n) is 2.56. The van der Waals surface area contributed by atoms with Crippen molar-refractivity contribution in [3.05, 3.63) is 36.0 Å². The van der Waals surface area contributed by atoms with Crippen LogP contribution in [0.1, 0.15) is 10.4 Å². The zero-order valence-electron chi connectivity index (χ0n) is 11.6. The van der Waals surface area contributed by atoms with Gasteiger partial charge >= 0.3 is 0 Å². The van der Waals surface area contributed by atoms with Gasteiger partial charge in [0, 0.05) is 38.8 Å². The molecule has 1 fully saturated rings. The number of hydrogen-bond acceptors (Lipinski definition) is 4. The molecule has 0 bridgehead atoms. The van der Waals surface area contributed by atoms with Crippen molar-refractivity contribution in [3.8, 4) is 0 Å². The lowest BCUT2D eigenvalue weighted by atomic mass is 10.0. The van der Waals surface area contributed by atoms with Crippen LogP contribution in [0.5, 0.6) is 0 Å². The standard InChI is InChI=1S/C15H17N3O2/c1-17(2)14-11-5-3-4-6-13(11)16-7-12(14)15(20)18-8-10(19)9-18/h3-7,10,19H,8-9H2,1-2H3. The monoisotopic (exact) mass is 271 g/mol. The largest absolute Gasteiger partial charge is 0.389 e. The number of aliphatic hydroxyl groups excluding tert-OH is 1. The van der Waals surface area contributed by atoms with E-state index in [9.17, 15) is 9.90 Å². The minimum Gasteiger partial charge on any atom is -0.389 e. The minimum absolute atomic E-state index is 0.0720. The van der Waals surface area contributed by atoms with Crippen LogP contribution in [0.25, 0.3) is 10.9 Å². The minimum atomic E-state index is -0.393. The Balaban J connectivity index is 2.10. The second-order valence-corrected chi connectivity index (χ2v) is 5.30. The van der Waals surface area contributed by atoms with Gasteiger partial charge in [0.2, 0.25) is 0 Å². The van der Waals surface area contributed by atoms with Gasteiger partial charge in [-0.15, -0.1) is 0 Å². The SMILES string of the molecule is CN(C)c1c(C(=O)N2CC(O)C2)cnc2ccccc12. The quantitative estimate of drug-likeness (QED) is 0.889. The molecule has 1 saturated heterocycles. The highest BCUT2D eigenvalue weighted by Crippen LogP contribution is 2.29. The summed E-state index contributed by atoms with van der Waals surface area (Å²) >= 11 is 0. The zero-order valence-corrected chi connectivity index (χ0v) is 11.6. The number of amides is 1. The highest BCUT2D eigenvalue weighted by Gasteiger charge is 2.31. The number of likely N-dealkylation sites (tertiary alicyclic amines) is 1. The predicted molar refractivity (Wildman–Crippen MR) is 78.0 cm³/mol. The summed E-state index contributed by atoms with van der Waals surface area (Å²) in [6.45, 7) is 0.803. The first-order valence-electron chi connectivity index (χ1n) is 6.60. The van der Waals surface area contributed by atoms with Gasteiger partial charge in [-0.3, -0.25) is 9.78 Å². The molecule has 1 N–H and O–H groups in total. The van der Waals surface area contributed by atoms with Crippen LogP contribution in [-0.4, -0.2) is 54.2 Å². The van der Waals surface area contributed by atoms with Crippen LogP contribution in [0.2, 0.25) is 0 Å². The molecule has 1 amide bonds. The third kappa shape index (κ3) is 2.00. The number of benzene rings is 1. The lowest BCUT2D eigenvalue weighted by Crippen LogP contribution is -2.53. The van der Waals surface area contributed by atoms with Crippen LogP contribution < -0.4 is 4.90 Å². The Hall–Kier alpha value is -2.14. The van der Waals surface area contributed by atoms with E-state index in [-0.39, 0.29) is 5.91 Å². The van der Waals surface area contributed by atoms with E-state index in [1.54, 1.807) is 11.1 Å². The Labute approximate surface area is 117 Å². The highest BCUT2D eigenvalue weighted by molar-refractivity contribution is 6.07. The van der Waals surface area contributed by atoms with E-state index in [1.807, 2.05) is 43.3 Å². The van der Waals surface area contributed by atoms with Crippen molar-refractivity contribution in [2.24, 2.45) is 0 Å². The van der Waals surface area contributed by atoms with Gasteiger partial charge in [0.1, 0.15) is 0 Å². The van der Waals surface area contributed by atoms with Crippen molar-refractivity contribution in [2.75, 3.05) is 32.1 Å². The number of para-hydroxylation sites is 1. The first-order chi connectivity index (χ1) is 9.58. The Kier molecular flexibility index (Phi) is 3.06.